The molecule has 0 amide bonds. The van der Waals surface area contributed by atoms with E-state index >= 15 is 0 Å². The molecule has 1 aliphatic heterocycles. The minimum absolute atomic E-state index is 0. The topological polar surface area (TPSA) is 48.9 Å². The summed E-state index contributed by atoms with van der Waals surface area (Å²) < 4.78 is 78.7. The van der Waals surface area contributed by atoms with Gasteiger partial charge in [0.25, 0.3) is 0 Å². The fraction of sp³-hybridized carbons (Fsp3) is 0.588. The second-order valence-corrected chi connectivity index (χ2v) is 6.46. The summed E-state index contributed by atoms with van der Waals surface area (Å²) in [5.41, 5.74) is 0.674. The summed E-state index contributed by atoms with van der Waals surface area (Å²) in [6.45, 7) is -1.46. The zero-order valence-corrected chi connectivity index (χ0v) is 17.9. The second kappa shape index (κ2) is 11.1. The molecule has 1 atom stereocenters. The van der Waals surface area contributed by atoms with Crippen LogP contribution in [-0.4, -0.2) is 62.5 Å². The van der Waals surface area contributed by atoms with Crippen molar-refractivity contribution in [2.75, 3.05) is 33.3 Å². The van der Waals surface area contributed by atoms with Crippen LogP contribution in [-0.2, 0) is 6.54 Å². The van der Waals surface area contributed by atoms with Crippen molar-refractivity contribution in [2.24, 2.45) is 4.99 Å². The van der Waals surface area contributed by atoms with E-state index in [4.69, 9.17) is 4.74 Å². The molecule has 166 valence electrons. The molecule has 0 bridgehead atoms. The van der Waals surface area contributed by atoms with Crippen LogP contribution in [0.15, 0.2) is 29.3 Å². The maximum Gasteiger partial charge on any atom is 0.422 e. The summed E-state index contributed by atoms with van der Waals surface area (Å²) in [4.78, 5) is 5.36. The molecule has 1 aromatic carbocycles. The third-order valence-electron chi connectivity index (χ3n) is 4.00. The van der Waals surface area contributed by atoms with Crippen molar-refractivity contribution in [3.8, 4) is 5.75 Å². The van der Waals surface area contributed by atoms with Crippen molar-refractivity contribution in [3.05, 3.63) is 29.8 Å². The van der Waals surface area contributed by atoms with Crippen LogP contribution < -0.4 is 15.4 Å². The van der Waals surface area contributed by atoms with E-state index in [2.05, 4.69) is 15.6 Å². The maximum atomic E-state index is 12.5. The Kier molecular flexibility index (Phi) is 9.79. The minimum Gasteiger partial charge on any atom is -0.484 e. The zero-order chi connectivity index (χ0) is 20.8. The first-order chi connectivity index (χ1) is 13.0. The monoisotopic (exact) mass is 540 g/mol. The van der Waals surface area contributed by atoms with Crippen LogP contribution in [0.25, 0.3) is 0 Å². The highest BCUT2D eigenvalue weighted by molar-refractivity contribution is 14.0. The molecule has 1 unspecified atom stereocenters. The zero-order valence-electron chi connectivity index (χ0n) is 15.6. The summed E-state index contributed by atoms with van der Waals surface area (Å²) in [5, 5.41) is 6.06. The summed E-state index contributed by atoms with van der Waals surface area (Å²) in [7, 11) is 1.53. The highest BCUT2D eigenvalue weighted by Crippen LogP contribution is 2.20. The maximum absolute atomic E-state index is 12.5. The molecule has 0 spiro atoms. The third-order valence-corrected chi connectivity index (χ3v) is 4.00. The Morgan fingerprint density at radius 3 is 2.55 bits per heavy atom. The Labute approximate surface area is 181 Å². The number of aliphatic imine (C=N–C) groups is 1. The standard InChI is InChI=1S/C17H22F6N4O.HI/c1-24-15(26-13-5-6-27(9-13)10-16(18,19)20)25-8-12-3-2-4-14(7-12)28-11-17(21,22)23;/h2-4,7,13H,5-6,8-11H2,1H3,(H2,24,25,26);1H. The molecule has 1 fully saturated rings. The summed E-state index contributed by atoms with van der Waals surface area (Å²) in [6.07, 6.45) is -8.09. The summed E-state index contributed by atoms with van der Waals surface area (Å²) in [6, 6.07) is 6.02. The van der Waals surface area contributed by atoms with Crippen LogP contribution in [0, 0.1) is 0 Å². The van der Waals surface area contributed by atoms with Gasteiger partial charge in [0.05, 0.1) is 6.54 Å². The van der Waals surface area contributed by atoms with Crippen molar-refractivity contribution in [3.63, 3.8) is 0 Å². The molecular formula is C17H23F6IN4O. The molecule has 5 nitrogen and oxygen atoms in total. The van der Waals surface area contributed by atoms with Crippen LogP contribution in [0.2, 0.25) is 0 Å². The molecule has 12 heteroatoms. The van der Waals surface area contributed by atoms with Crippen molar-refractivity contribution < 1.29 is 31.1 Å². The number of alkyl halides is 6. The fourth-order valence-corrected chi connectivity index (χ4v) is 2.83. The van der Waals surface area contributed by atoms with E-state index in [9.17, 15) is 26.3 Å². The van der Waals surface area contributed by atoms with Crippen LogP contribution in [0.5, 0.6) is 5.75 Å². The first-order valence-electron chi connectivity index (χ1n) is 8.59. The Hall–Kier alpha value is -1.44. The van der Waals surface area contributed by atoms with Crippen LogP contribution in [0.3, 0.4) is 0 Å². The number of hydrogen-bond acceptors (Lipinski definition) is 3. The lowest BCUT2D eigenvalue weighted by Gasteiger charge is -2.20. The van der Waals surface area contributed by atoms with Gasteiger partial charge in [-0.25, -0.2) is 0 Å². The molecule has 1 heterocycles. The number of hydrogen-bond donors (Lipinski definition) is 2. The second-order valence-electron chi connectivity index (χ2n) is 6.46. The largest absolute Gasteiger partial charge is 0.484 e. The van der Waals surface area contributed by atoms with E-state index in [-0.39, 0.29) is 48.9 Å². The summed E-state index contributed by atoms with van der Waals surface area (Å²) >= 11 is 0. The Bertz CT molecular complexity index is 668. The van der Waals surface area contributed by atoms with E-state index in [0.29, 0.717) is 24.5 Å². The molecule has 2 rings (SSSR count). The number of halogens is 7. The normalized spacial score (nSPS) is 18.3. The van der Waals surface area contributed by atoms with Gasteiger partial charge in [-0.3, -0.25) is 9.89 Å². The molecule has 0 saturated carbocycles. The smallest absolute Gasteiger partial charge is 0.422 e. The van der Waals surface area contributed by atoms with E-state index in [1.54, 1.807) is 12.1 Å². The number of ether oxygens (including phenoxy) is 1. The Morgan fingerprint density at radius 1 is 1.21 bits per heavy atom. The van der Waals surface area contributed by atoms with E-state index in [1.165, 1.54) is 24.1 Å². The number of nitrogens with one attached hydrogen (secondary N) is 2. The fourth-order valence-electron chi connectivity index (χ4n) is 2.83. The number of guanidine groups is 1. The molecule has 29 heavy (non-hydrogen) atoms. The van der Waals surface area contributed by atoms with Crippen molar-refractivity contribution in [1.82, 2.24) is 15.5 Å². The number of rotatable bonds is 6. The molecular weight excluding hydrogens is 517 g/mol. The van der Waals surface area contributed by atoms with Gasteiger partial charge in [-0.1, -0.05) is 12.1 Å². The van der Waals surface area contributed by atoms with Crippen LogP contribution in [0.4, 0.5) is 26.3 Å². The first kappa shape index (κ1) is 25.6. The average molecular weight is 540 g/mol. The van der Waals surface area contributed by atoms with E-state index < -0.39 is 25.5 Å². The van der Waals surface area contributed by atoms with Gasteiger partial charge in [0.15, 0.2) is 12.6 Å². The van der Waals surface area contributed by atoms with Gasteiger partial charge in [0.1, 0.15) is 5.75 Å². The minimum atomic E-state index is -4.42. The Balaban J connectivity index is 0.00000420. The van der Waals surface area contributed by atoms with Gasteiger partial charge in [-0.15, -0.1) is 24.0 Å². The molecule has 2 N–H and O–H groups in total. The third kappa shape index (κ3) is 10.2. The molecule has 1 aliphatic rings. The molecule has 0 radical (unpaired) electrons. The lowest BCUT2D eigenvalue weighted by molar-refractivity contribution is -0.153. The van der Waals surface area contributed by atoms with Crippen molar-refractivity contribution in [1.29, 1.82) is 0 Å². The average Bonchev–Trinajstić information content (AvgIpc) is 3.01. The number of likely N-dealkylation sites (tertiary alicyclic amines) is 1. The van der Waals surface area contributed by atoms with Crippen molar-refractivity contribution >= 4 is 29.9 Å². The van der Waals surface area contributed by atoms with Gasteiger partial charge in [-0.2, -0.15) is 26.3 Å². The summed E-state index contributed by atoms with van der Waals surface area (Å²) in [5.74, 6) is 0.499. The van der Waals surface area contributed by atoms with Crippen LogP contribution >= 0.6 is 24.0 Å². The molecule has 1 aromatic rings. The lowest BCUT2D eigenvalue weighted by atomic mass is 10.2. The predicted molar refractivity (Wildman–Crippen MR) is 108 cm³/mol. The van der Waals surface area contributed by atoms with E-state index in [1.807, 2.05) is 0 Å². The van der Waals surface area contributed by atoms with Gasteiger partial charge in [0.2, 0.25) is 0 Å². The number of benzene rings is 1. The molecule has 1 saturated heterocycles. The van der Waals surface area contributed by atoms with Gasteiger partial charge in [0, 0.05) is 32.7 Å². The lowest BCUT2D eigenvalue weighted by Crippen LogP contribution is -2.44. The van der Waals surface area contributed by atoms with Gasteiger partial charge < -0.3 is 15.4 Å². The molecule has 0 aromatic heterocycles. The van der Waals surface area contributed by atoms with Crippen LogP contribution in [0.1, 0.15) is 12.0 Å². The first-order valence-corrected chi connectivity index (χ1v) is 8.59. The molecule has 0 aliphatic carbocycles. The van der Waals surface area contributed by atoms with E-state index in [0.717, 1.165) is 0 Å². The van der Waals surface area contributed by atoms with Gasteiger partial charge >= 0.3 is 12.4 Å². The number of nitrogens with zero attached hydrogens (tertiary/aromatic N) is 2. The predicted octanol–water partition coefficient (Wildman–Crippen LogP) is 3.55. The highest BCUT2D eigenvalue weighted by Gasteiger charge is 2.34. The SMILES string of the molecule is CN=C(NCc1cccc(OCC(F)(F)F)c1)NC1CCN(CC(F)(F)F)C1.I. The Morgan fingerprint density at radius 2 is 1.93 bits per heavy atom. The highest BCUT2D eigenvalue weighted by atomic mass is 127. The van der Waals surface area contributed by atoms with Crippen molar-refractivity contribution in [2.45, 2.75) is 31.4 Å². The van der Waals surface area contributed by atoms with Gasteiger partial charge in [-0.05, 0) is 24.1 Å². The quantitative estimate of drug-likeness (QED) is 0.251.